The zero-order chi connectivity index (χ0) is 18.2. The Morgan fingerprint density at radius 2 is 1.60 bits per heavy atom. The molecular weight excluding hydrogens is 309 g/mol. The third kappa shape index (κ3) is 3.53. The minimum Gasteiger partial charge on any atom is -0.338 e. The SMILES string of the molecule is CC(C)n1c(C=CC(C)(C)C)c(-c2ccc(F)cc2)c2ccccc21. The standard InChI is InChI=1S/C23H26FN/c1-16(2)25-20-9-7-6-8-19(20)22(17-10-12-18(24)13-11-17)21(25)14-15-23(3,4)5/h6-16H,1-5H3. The van der Waals surface area contributed by atoms with Crippen LogP contribution in [0.3, 0.4) is 0 Å². The summed E-state index contributed by atoms with van der Waals surface area (Å²) in [5, 5.41) is 1.20. The molecule has 130 valence electrons. The normalized spacial score (nSPS) is 12.6. The van der Waals surface area contributed by atoms with Crippen LogP contribution in [0.4, 0.5) is 4.39 Å². The molecule has 0 saturated heterocycles. The van der Waals surface area contributed by atoms with Gasteiger partial charge in [0.2, 0.25) is 0 Å². The highest BCUT2D eigenvalue weighted by molar-refractivity contribution is 6.01. The van der Waals surface area contributed by atoms with E-state index < -0.39 is 0 Å². The summed E-state index contributed by atoms with van der Waals surface area (Å²) < 4.78 is 15.8. The third-order valence-corrected chi connectivity index (χ3v) is 4.34. The Labute approximate surface area is 149 Å². The van der Waals surface area contributed by atoms with Crippen molar-refractivity contribution in [1.29, 1.82) is 0 Å². The fourth-order valence-corrected chi connectivity index (χ4v) is 3.25. The van der Waals surface area contributed by atoms with E-state index in [2.05, 4.69) is 75.6 Å². The van der Waals surface area contributed by atoms with Gasteiger partial charge in [-0.3, -0.25) is 0 Å². The Balaban J connectivity index is 2.36. The Kier molecular flexibility index (Phi) is 4.55. The number of aromatic nitrogens is 1. The summed E-state index contributed by atoms with van der Waals surface area (Å²) in [6, 6.07) is 15.6. The first-order chi connectivity index (χ1) is 11.8. The quantitative estimate of drug-likeness (QED) is 0.481. The van der Waals surface area contributed by atoms with Gasteiger partial charge in [-0.05, 0) is 49.1 Å². The lowest BCUT2D eigenvalue weighted by molar-refractivity contribution is 0.546. The molecule has 0 N–H and O–H groups in total. The van der Waals surface area contributed by atoms with E-state index in [0.717, 1.165) is 5.56 Å². The molecule has 3 aromatic rings. The molecule has 0 radical (unpaired) electrons. The molecule has 1 aromatic heterocycles. The summed E-state index contributed by atoms with van der Waals surface area (Å²) in [6.45, 7) is 11.0. The summed E-state index contributed by atoms with van der Waals surface area (Å²) in [5.74, 6) is -0.205. The van der Waals surface area contributed by atoms with Crippen molar-refractivity contribution in [3.05, 3.63) is 66.1 Å². The molecule has 0 bridgehead atoms. The second-order valence-electron chi connectivity index (χ2n) is 7.95. The number of fused-ring (bicyclic) bond motifs is 1. The third-order valence-electron chi connectivity index (χ3n) is 4.34. The van der Waals surface area contributed by atoms with Crippen molar-refractivity contribution in [2.24, 2.45) is 5.41 Å². The zero-order valence-corrected chi connectivity index (χ0v) is 15.7. The smallest absolute Gasteiger partial charge is 0.123 e. The molecule has 1 nitrogen and oxygen atoms in total. The lowest BCUT2D eigenvalue weighted by Gasteiger charge is -2.16. The van der Waals surface area contributed by atoms with Crippen molar-refractivity contribution in [2.45, 2.75) is 40.7 Å². The monoisotopic (exact) mass is 335 g/mol. The first-order valence-electron chi connectivity index (χ1n) is 8.86. The topological polar surface area (TPSA) is 4.93 Å². The molecule has 0 fully saturated rings. The van der Waals surface area contributed by atoms with Crippen LogP contribution in [0.25, 0.3) is 28.1 Å². The summed E-state index contributed by atoms with van der Waals surface area (Å²) >= 11 is 0. The Bertz CT molecular complexity index is 906. The predicted octanol–water partition coefficient (Wildman–Crippen LogP) is 7.09. The molecule has 1 heterocycles. The first kappa shape index (κ1) is 17.5. The minimum atomic E-state index is -0.205. The summed E-state index contributed by atoms with van der Waals surface area (Å²) in [4.78, 5) is 0. The van der Waals surface area contributed by atoms with Gasteiger partial charge < -0.3 is 4.57 Å². The van der Waals surface area contributed by atoms with Gasteiger partial charge in [0.15, 0.2) is 0 Å². The summed E-state index contributed by atoms with van der Waals surface area (Å²) in [6.07, 6.45) is 4.46. The van der Waals surface area contributed by atoms with Gasteiger partial charge in [-0.2, -0.15) is 0 Å². The second-order valence-corrected chi connectivity index (χ2v) is 7.95. The maximum atomic E-state index is 13.4. The molecule has 0 saturated carbocycles. The summed E-state index contributed by atoms with van der Waals surface area (Å²) in [5.41, 5.74) is 4.71. The number of allylic oxidation sites excluding steroid dienone is 1. The van der Waals surface area contributed by atoms with Gasteiger partial charge in [0.05, 0.1) is 0 Å². The molecule has 0 aliphatic rings. The van der Waals surface area contributed by atoms with E-state index >= 15 is 0 Å². The van der Waals surface area contributed by atoms with E-state index in [-0.39, 0.29) is 11.2 Å². The number of hydrogen-bond acceptors (Lipinski definition) is 0. The molecule has 0 amide bonds. The lowest BCUT2D eigenvalue weighted by Crippen LogP contribution is -2.04. The molecule has 2 aromatic carbocycles. The van der Waals surface area contributed by atoms with Crippen LogP contribution in [0, 0.1) is 11.2 Å². The van der Waals surface area contributed by atoms with Crippen LogP contribution in [-0.4, -0.2) is 4.57 Å². The van der Waals surface area contributed by atoms with Gasteiger partial charge in [-0.1, -0.05) is 57.2 Å². The highest BCUT2D eigenvalue weighted by atomic mass is 19.1. The largest absolute Gasteiger partial charge is 0.338 e. The van der Waals surface area contributed by atoms with Gasteiger partial charge in [0.1, 0.15) is 5.82 Å². The molecule has 0 aliphatic carbocycles. The number of hydrogen-bond donors (Lipinski definition) is 0. The van der Waals surface area contributed by atoms with Gasteiger partial charge in [-0.15, -0.1) is 0 Å². The van der Waals surface area contributed by atoms with E-state index in [1.54, 1.807) is 0 Å². The van der Waals surface area contributed by atoms with Crippen LogP contribution in [0.1, 0.15) is 46.4 Å². The number of benzene rings is 2. The van der Waals surface area contributed by atoms with Gasteiger partial charge >= 0.3 is 0 Å². The summed E-state index contributed by atoms with van der Waals surface area (Å²) in [7, 11) is 0. The van der Waals surface area contributed by atoms with E-state index in [1.165, 1.54) is 34.3 Å². The van der Waals surface area contributed by atoms with Crippen molar-refractivity contribution in [3.8, 4) is 11.1 Å². The van der Waals surface area contributed by atoms with Crippen LogP contribution in [0.2, 0.25) is 0 Å². The molecule has 0 atom stereocenters. The average Bonchev–Trinajstić information content (AvgIpc) is 2.87. The fourth-order valence-electron chi connectivity index (χ4n) is 3.25. The van der Waals surface area contributed by atoms with Gasteiger partial charge in [0, 0.05) is 28.2 Å². The number of rotatable bonds is 3. The van der Waals surface area contributed by atoms with Crippen LogP contribution < -0.4 is 0 Å². The first-order valence-corrected chi connectivity index (χ1v) is 8.86. The Hall–Kier alpha value is -2.35. The average molecular weight is 335 g/mol. The molecular formula is C23H26FN. The Morgan fingerprint density at radius 3 is 2.20 bits per heavy atom. The number of halogens is 1. The molecule has 0 spiro atoms. The van der Waals surface area contributed by atoms with Crippen LogP contribution >= 0.6 is 0 Å². The van der Waals surface area contributed by atoms with Crippen LogP contribution in [0.15, 0.2) is 54.6 Å². The van der Waals surface area contributed by atoms with E-state index in [4.69, 9.17) is 0 Å². The lowest BCUT2D eigenvalue weighted by atomic mass is 9.94. The van der Waals surface area contributed by atoms with Gasteiger partial charge in [-0.25, -0.2) is 4.39 Å². The van der Waals surface area contributed by atoms with Crippen LogP contribution in [0.5, 0.6) is 0 Å². The molecule has 2 heteroatoms. The van der Waals surface area contributed by atoms with Crippen molar-refractivity contribution >= 4 is 17.0 Å². The molecule has 25 heavy (non-hydrogen) atoms. The fraction of sp³-hybridized carbons (Fsp3) is 0.304. The van der Waals surface area contributed by atoms with Crippen LogP contribution in [-0.2, 0) is 0 Å². The maximum absolute atomic E-state index is 13.4. The molecule has 3 rings (SSSR count). The van der Waals surface area contributed by atoms with Crippen molar-refractivity contribution in [2.75, 3.05) is 0 Å². The minimum absolute atomic E-state index is 0.0956. The van der Waals surface area contributed by atoms with Crippen molar-refractivity contribution in [3.63, 3.8) is 0 Å². The highest BCUT2D eigenvalue weighted by Crippen LogP contribution is 2.38. The second kappa shape index (κ2) is 6.51. The van der Waals surface area contributed by atoms with E-state index in [0.29, 0.717) is 6.04 Å². The zero-order valence-electron chi connectivity index (χ0n) is 15.7. The van der Waals surface area contributed by atoms with Crippen molar-refractivity contribution < 1.29 is 4.39 Å². The Morgan fingerprint density at radius 1 is 0.960 bits per heavy atom. The van der Waals surface area contributed by atoms with E-state index in [1.807, 2.05) is 12.1 Å². The maximum Gasteiger partial charge on any atom is 0.123 e. The molecule has 0 aliphatic heterocycles. The van der Waals surface area contributed by atoms with Gasteiger partial charge in [0.25, 0.3) is 0 Å². The van der Waals surface area contributed by atoms with Crippen molar-refractivity contribution in [1.82, 2.24) is 4.57 Å². The van der Waals surface area contributed by atoms with E-state index in [9.17, 15) is 4.39 Å². The highest BCUT2D eigenvalue weighted by Gasteiger charge is 2.19. The molecule has 0 unspecified atom stereocenters. The predicted molar refractivity (Wildman–Crippen MR) is 106 cm³/mol. The number of para-hydroxylation sites is 1. The number of nitrogens with zero attached hydrogens (tertiary/aromatic N) is 1.